The highest BCUT2D eigenvalue weighted by atomic mass is 32.1. The van der Waals surface area contributed by atoms with Gasteiger partial charge >= 0.3 is 0 Å². The Hall–Kier alpha value is -1.94. The fraction of sp³-hybridized carbons (Fsp3) is 0.0769. The summed E-state index contributed by atoms with van der Waals surface area (Å²) in [5, 5.41) is 2.01. The van der Waals surface area contributed by atoms with Gasteiger partial charge < -0.3 is 4.57 Å². The number of hydrogen-bond acceptors (Lipinski definition) is 3. The van der Waals surface area contributed by atoms with Crippen molar-refractivity contribution < 1.29 is 0 Å². The summed E-state index contributed by atoms with van der Waals surface area (Å²) in [6.45, 7) is 0. The Morgan fingerprint density at radius 2 is 2.12 bits per heavy atom. The fourth-order valence-corrected chi connectivity index (χ4v) is 2.30. The van der Waals surface area contributed by atoms with E-state index in [2.05, 4.69) is 20.6 Å². The third-order valence-corrected chi connectivity index (χ3v) is 3.28. The van der Waals surface area contributed by atoms with Crippen LogP contribution in [0.5, 0.6) is 0 Å². The smallest absolute Gasteiger partial charge is 0.133 e. The van der Waals surface area contributed by atoms with Crippen LogP contribution in [0.15, 0.2) is 35.2 Å². The molecule has 0 spiro atoms. The molecule has 4 heteroatoms. The van der Waals surface area contributed by atoms with Crippen LogP contribution in [0, 0.1) is 0 Å². The lowest BCUT2D eigenvalue weighted by Gasteiger charge is -1.95. The number of hydrogen-bond donors (Lipinski definition) is 0. The minimum Gasteiger partial charge on any atom is -0.328 e. The first-order valence-corrected chi connectivity index (χ1v) is 6.26. The number of thiazole rings is 1. The highest BCUT2D eigenvalue weighted by molar-refractivity contribution is 7.07. The monoisotopic (exact) mass is 241 g/mol. The lowest BCUT2D eigenvalue weighted by atomic mass is 10.3. The molecule has 2 aromatic heterocycles. The summed E-state index contributed by atoms with van der Waals surface area (Å²) >= 11 is 1.59. The van der Waals surface area contributed by atoms with Gasteiger partial charge in [-0.15, -0.1) is 11.3 Å². The molecule has 17 heavy (non-hydrogen) atoms. The molecule has 1 aromatic carbocycles. The normalized spacial score (nSPS) is 11.6. The van der Waals surface area contributed by atoms with Crippen molar-refractivity contribution in [1.29, 1.82) is 0 Å². The van der Waals surface area contributed by atoms with Crippen LogP contribution in [0.25, 0.3) is 23.2 Å². The summed E-state index contributed by atoms with van der Waals surface area (Å²) in [4.78, 5) is 8.77. The van der Waals surface area contributed by atoms with E-state index in [0.717, 1.165) is 22.6 Å². The second-order valence-electron chi connectivity index (χ2n) is 3.76. The molecule has 0 bridgehead atoms. The number of imidazole rings is 1. The molecule has 0 amide bonds. The SMILES string of the molecule is Cn1c(/C=C/c2cscn2)nc2ccccc21. The molecular formula is C13H11N3S. The maximum Gasteiger partial charge on any atom is 0.133 e. The van der Waals surface area contributed by atoms with Crippen molar-refractivity contribution in [1.82, 2.24) is 14.5 Å². The lowest BCUT2D eigenvalue weighted by Crippen LogP contribution is -1.90. The van der Waals surface area contributed by atoms with E-state index >= 15 is 0 Å². The maximum absolute atomic E-state index is 4.56. The van der Waals surface area contributed by atoms with Gasteiger partial charge in [0.2, 0.25) is 0 Å². The third kappa shape index (κ3) is 1.87. The average Bonchev–Trinajstić information content (AvgIpc) is 2.96. The number of rotatable bonds is 2. The Balaban J connectivity index is 2.03. The van der Waals surface area contributed by atoms with Crippen LogP contribution in [0.2, 0.25) is 0 Å². The van der Waals surface area contributed by atoms with Crippen molar-refractivity contribution in [2.75, 3.05) is 0 Å². The van der Waals surface area contributed by atoms with Gasteiger partial charge in [0.1, 0.15) is 5.82 Å². The van der Waals surface area contributed by atoms with Gasteiger partial charge in [-0.1, -0.05) is 12.1 Å². The zero-order valence-electron chi connectivity index (χ0n) is 9.37. The molecule has 0 atom stereocenters. The molecule has 3 aromatic rings. The predicted molar refractivity (Wildman–Crippen MR) is 71.8 cm³/mol. The zero-order valence-corrected chi connectivity index (χ0v) is 10.2. The Labute approximate surface area is 103 Å². The molecule has 3 nitrogen and oxygen atoms in total. The summed E-state index contributed by atoms with van der Waals surface area (Å²) in [6, 6.07) is 8.12. The quantitative estimate of drug-likeness (QED) is 0.689. The van der Waals surface area contributed by atoms with E-state index < -0.39 is 0 Å². The summed E-state index contributed by atoms with van der Waals surface area (Å²) in [7, 11) is 2.02. The minimum atomic E-state index is 0.944. The topological polar surface area (TPSA) is 30.7 Å². The fourth-order valence-electron chi connectivity index (χ4n) is 1.78. The van der Waals surface area contributed by atoms with Crippen molar-refractivity contribution in [3.05, 3.63) is 46.7 Å². The molecule has 0 saturated heterocycles. The molecule has 0 aliphatic rings. The number of para-hydroxylation sites is 2. The van der Waals surface area contributed by atoms with Gasteiger partial charge in [0, 0.05) is 12.4 Å². The average molecular weight is 241 g/mol. The molecule has 0 unspecified atom stereocenters. The highest BCUT2D eigenvalue weighted by Crippen LogP contribution is 2.16. The number of benzene rings is 1. The summed E-state index contributed by atoms with van der Waals surface area (Å²) in [5.74, 6) is 0.944. The van der Waals surface area contributed by atoms with Crippen LogP contribution in [0.3, 0.4) is 0 Å². The Morgan fingerprint density at radius 3 is 2.88 bits per heavy atom. The van der Waals surface area contributed by atoms with E-state index in [1.807, 2.05) is 48.3 Å². The first-order chi connectivity index (χ1) is 8.34. The molecule has 2 heterocycles. The number of fused-ring (bicyclic) bond motifs is 1. The molecule has 84 valence electrons. The van der Waals surface area contributed by atoms with Crippen LogP contribution in [-0.4, -0.2) is 14.5 Å². The van der Waals surface area contributed by atoms with Gasteiger partial charge in [0.15, 0.2) is 0 Å². The molecule has 3 rings (SSSR count). The molecular weight excluding hydrogens is 230 g/mol. The molecule has 0 aliphatic carbocycles. The van der Waals surface area contributed by atoms with Crippen molar-refractivity contribution in [2.24, 2.45) is 7.05 Å². The van der Waals surface area contributed by atoms with Crippen LogP contribution in [0.1, 0.15) is 11.5 Å². The van der Waals surface area contributed by atoms with E-state index in [1.165, 1.54) is 0 Å². The third-order valence-electron chi connectivity index (χ3n) is 2.68. The van der Waals surface area contributed by atoms with E-state index in [1.54, 1.807) is 11.3 Å². The van der Waals surface area contributed by atoms with Crippen molar-refractivity contribution in [2.45, 2.75) is 0 Å². The Bertz CT molecular complexity index is 665. The largest absolute Gasteiger partial charge is 0.328 e. The molecule has 0 N–H and O–H groups in total. The van der Waals surface area contributed by atoms with Gasteiger partial charge in [0.25, 0.3) is 0 Å². The Kier molecular flexibility index (Phi) is 2.49. The van der Waals surface area contributed by atoms with Crippen LogP contribution in [0.4, 0.5) is 0 Å². The minimum absolute atomic E-state index is 0.944. The first kappa shape index (κ1) is 10.2. The van der Waals surface area contributed by atoms with Crippen LogP contribution < -0.4 is 0 Å². The molecule has 0 radical (unpaired) electrons. The number of aryl methyl sites for hydroxylation is 1. The van der Waals surface area contributed by atoms with E-state index in [-0.39, 0.29) is 0 Å². The second kappa shape index (κ2) is 4.14. The standard InChI is InChI=1S/C13H11N3S/c1-16-12-5-3-2-4-11(12)15-13(16)7-6-10-8-17-9-14-10/h2-9H,1H3/b7-6+. The molecule has 0 aliphatic heterocycles. The number of nitrogens with zero attached hydrogens (tertiary/aromatic N) is 3. The maximum atomic E-state index is 4.56. The highest BCUT2D eigenvalue weighted by Gasteiger charge is 2.03. The molecule has 0 fully saturated rings. The van der Waals surface area contributed by atoms with Crippen molar-refractivity contribution >= 4 is 34.5 Å². The van der Waals surface area contributed by atoms with Gasteiger partial charge in [-0.25, -0.2) is 9.97 Å². The van der Waals surface area contributed by atoms with Crippen LogP contribution >= 0.6 is 11.3 Å². The van der Waals surface area contributed by atoms with Gasteiger partial charge in [0.05, 0.1) is 22.2 Å². The van der Waals surface area contributed by atoms with E-state index in [4.69, 9.17) is 0 Å². The summed E-state index contributed by atoms with van der Waals surface area (Å²) < 4.78 is 2.08. The number of aromatic nitrogens is 3. The Morgan fingerprint density at radius 1 is 1.24 bits per heavy atom. The van der Waals surface area contributed by atoms with Crippen molar-refractivity contribution in [3.8, 4) is 0 Å². The summed E-state index contributed by atoms with van der Waals surface area (Å²) in [5.41, 5.74) is 4.97. The first-order valence-electron chi connectivity index (χ1n) is 5.32. The van der Waals surface area contributed by atoms with Crippen LogP contribution in [-0.2, 0) is 7.05 Å². The van der Waals surface area contributed by atoms with E-state index in [0.29, 0.717) is 0 Å². The van der Waals surface area contributed by atoms with Gasteiger partial charge in [-0.3, -0.25) is 0 Å². The predicted octanol–water partition coefficient (Wildman–Crippen LogP) is 3.20. The van der Waals surface area contributed by atoms with E-state index in [9.17, 15) is 0 Å². The van der Waals surface area contributed by atoms with Gasteiger partial charge in [-0.2, -0.15) is 0 Å². The summed E-state index contributed by atoms with van der Waals surface area (Å²) in [6.07, 6.45) is 3.98. The molecule has 0 saturated carbocycles. The van der Waals surface area contributed by atoms with Crippen molar-refractivity contribution in [3.63, 3.8) is 0 Å². The lowest BCUT2D eigenvalue weighted by molar-refractivity contribution is 0.930. The second-order valence-corrected chi connectivity index (χ2v) is 4.48. The zero-order chi connectivity index (χ0) is 11.7. The van der Waals surface area contributed by atoms with Gasteiger partial charge in [-0.05, 0) is 24.3 Å².